The monoisotopic (exact) mass is 891 g/mol. The van der Waals surface area contributed by atoms with E-state index in [9.17, 15) is 27.9 Å². The molecule has 18 heteroatoms. The van der Waals surface area contributed by atoms with Crippen molar-refractivity contribution in [1.82, 2.24) is 9.99 Å². The van der Waals surface area contributed by atoms with Gasteiger partial charge in [-0.25, -0.2) is 4.98 Å². The van der Waals surface area contributed by atoms with E-state index in [0.29, 0.717) is 71.0 Å². The number of hydrazine groups is 1. The van der Waals surface area contributed by atoms with Crippen LogP contribution >= 0.6 is 23.2 Å². The minimum absolute atomic E-state index is 0.00937. The number of rotatable bonds is 8. The third-order valence-electron chi connectivity index (χ3n) is 12.9. The number of benzene rings is 3. The molecule has 4 aromatic rings. The normalized spacial score (nSPS) is 26.0. The highest BCUT2D eigenvalue weighted by atomic mass is 35.5. The number of hydrogen-bond acceptors (Lipinski definition) is 11. The van der Waals surface area contributed by atoms with E-state index in [1.165, 1.54) is 31.3 Å². The van der Waals surface area contributed by atoms with E-state index in [4.69, 9.17) is 37.4 Å². The summed E-state index contributed by atoms with van der Waals surface area (Å²) in [7, 11) is 2.68. The number of anilines is 3. The quantitative estimate of drug-likeness (QED) is 0.137. The van der Waals surface area contributed by atoms with Crippen LogP contribution in [0.25, 0.3) is 0 Å². The number of hydrogen-bond donors (Lipinski definition) is 2. The number of carbonyl (C=O) groups excluding carboxylic acids is 4. The highest BCUT2D eigenvalue weighted by Crippen LogP contribution is 2.65. The van der Waals surface area contributed by atoms with E-state index in [0.717, 1.165) is 5.69 Å². The number of phenolic OH excluding ortho intramolecular Hbond substituents is 1. The summed E-state index contributed by atoms with van der Waals surface area (Å²) >= 11 is 12.7. The summed E-state index contributed by atoms with van der Waals surface area (Å²) in [5.74, 6) is -8.01. The van der Waals surface area contributed by atoms with Crippen LogP contribution in [-0.2, 0) is 35.5 Å². The number of amides is 4. The van der Waals surface area contributed by atoms with Gasteiger partial charge in [-0.2, -0.15) is 18.2 Å². The Kier molecular flexibility index (Phi) is 10.4. The number of methoxy groups -OCH3 is 2. The van der Waals surface area contributed by atoms with Gasteiger partial charge < -0.3 is 24.2 Å². The van der Waals surface area contributed by atoms with Crippen molar-refractivity contribution >= 4 is 64.0 Å². The molecule has 4 amide bonds. The first-order valence-corrected chi connectivity index (χ1v) is 20.5. The summed E-state index contributed by atoms with van der Waals surface area (Å²) in [5, 5.41) is 11.6. The molecule has 0 radical (unpaired) electrons. The molecule has 3 aromatic carbocycles. The molecule has 5 aliphatic rings. The van der Waals surface area contributed by atoms with Gasteiger partial charge in [0, 0.05) is 35.9 Å². The maximum Gasteiger partial charge on any atom is 0.417 e. The number of carbonyl (C=O) groups is 4. The standard InChI is InChI=1S/C44H38Cl2F3N5O8/c1-60-33-17-22(18-34(61-2)37(33)55)36-28-11-12-29-35(41(58)53(39(29)56)27-9-7-26(8-10-27)52-13-15-62-16-14-52)30(28)20-31-40(57)54(42(59)43(31,36)23-3-5-25(45)6-4-23)51-38-32(46)19-24(21-50-38)44(47,48)49/h3-11,17-19,21,29-31,35-36,55H,12-16,20H2,1-2H3,(H,50,51)/t29-,30+,31-,35-,36-,43+/m0/s1. The molecule has 2 aliphatic carbocycles. The minimum Gasteiger partial charge on any atom is -0.502 e. The maximum absolute atomic E-state index is 15.5. The number of imide groups is 2. The van der Waals surface area contributed by atoms with Crippen molar-refractivity contribution in [2.24, 2.45) is 23.7 Å². The number of alkyl halides is 3. The summed E-state index contributed by atoms with van der Waals surface area (Å²) in [5.41, 5.74) is 2.29. The number of aromatic hydroxyl groups is 1. The lowest BCUT2D eigenvalue weighted by atomic mass is 9.49. The molecular formula is C44H38Cl2F3N5O8. The van der Waals surface area contributed by atoms with Crippen LogP contribution in [0.3, 0.4) is 0 Å². The molecule has 13 nitrogen and oxygen atoms in total. The Balaban J connectivity index is 1.19. The number of aromatic nitrogens is 1. The Labute approximate surface area is 362 Å². The fraction of sp³-hybridized carbons (Fsp3) is 0.341. The molecule has 4 heterocycles. The molecule has 6 atom stereocenters. The summed E-state index contributed by atoms with van der Waals surface area (Å²) in [4.78, 5) is 67.0. The molecule has 3 aliphatic heterocycles. The molecule has 0 spiro atoms. The van der Waals surface area contributed by atoms with Crippen molar-refractivity contribution in [2.75, 3.05) is 55.7 Å². The predicted molar refractivity (Wildman–Crippen MR) is 220 cm³/mol. The van der Waals surface area contributed by atoms with Gasteiger partial charge in [-0.05, 0) is 84.5 Å². The van der Waals surface area contributed by atoms with Crippen molar-refractivity contribution in [1.29, 1.82) is 0 Å². The molecule has 0 bridgehead atoms. The van der Waals surface area contributed by atoms with Crippen LogP contribution in [-0.4, -0.2) is 79.3 Å². The zero-order chi connectivity index (χ0) is 43.8. The Hall–Kier alpha value is -5.84. The average molecular weight is 893 g/mol. The molecule has 4 fully saturated rings. The number of fused-ring (bicyclic) bond motifs is 4. The van der Waals surface area contributed by atoms with Gasteiger partial charge >= 0.3 is 6.18 Å². The van der Waals surface area contributed by atoms with Crippen LogP contribution in [0, 0.1) is 23.7 Å². The highest BCUT2D eigenvalue weighted by Gasteiger charge is 2.70. The van der Waals surface area contributed by atoms with E-state index in [1.54, 1.807) is 36.4 Å². The molecule has 322 valence electrons. The first-order valence-electron chi connectivity index (χ1n) is 19.8. The number of nitrogens with zero attached hydrogens (tertiary/aromatic N) is 4. The van der Waals surface area contributed by atoms with Crippen LogP contribution in [0.5, 0.6) is 17.2 Å². The predicted octanol–water partition coefficient (Wildman–Crippen LogP) is 7.16. The van der Waals surface area contributed by atoms with Crippen LogP contribution in [0.4, 0.5) is 30.4 Å². The van der Waals surface area contributed by atoms with Crippen LogP contribution in [0.15, 0.2) is 84.6 Å². The second kappa shape index (κ2) is 15.5. The summed E-state index contributed by atoms with van der Waals surface area (Å²) < 4.78 is 57.4. The number of pyridine rings is 1. The minimum atomic E-state index is -4.77. The zero-order valence-corrected chi connectivity index (χ0v) is 34.6. The number of morpholine rings is 1. The third-order valence-corrected chi connectivity index (χ3v) is 13.4. The van der Waals surface area contributed by atoms with Crippen LogP contribution < -0.4 is 24.7 Å². The van der Waals surface area contributed by atoms with Gasteiger partial charge in [-0.3, -0.25) is 29.5 Å². The number of phenols is 1. The number of ether oxygens (including phenoxy) is 3. The van der Waals surface area contributed by atoms with E-state index in [2.05, 4.69) is 15.3 Å². The number of halogens is 5. The zero-order valence-electron chi connectivity index (χ0n) is 33.1. The van der Waals surface area contributed by atoms with Crippen molar-refractivity contribution in [2.45, 2.75) is 30.4 Å². The smallest absolute Gasteiger partial charge is 0.417 e. The SMILES string of the molecule is COc1cc([C@H]2C3=CC[C@@H]4C(=O)N(c5ccc(N6CCOCC6)cc5)C(=O)[C@@H]4[C@@H]3C[C@H]3C(=O)N(Nc4ncc(C(F)(F)F)cc4Cl)C(=O)[C@@]23c2ccc(Cl)cc2)cc(OC)c1O. The number of allylic oxidation sites excluding steroid dienone is 2. The largest absolute Gasteiger partial charge is 0.502 e. The molecule has 1 saturated carbocycles. The van der Waals surface area contributed by atoms with Crippen molar-refractivity contribution in [3.05, 3.63) is 111 Å². The summed E-state index contributed by atoms with van der Waals surface area (Å²) in [6, 6.07) is 17.2. The van der Waals surface area contributed by atoms with Gasteiger partial charge in [0.25, 0.3) is 11.8 Å². The first kappa shape index (κ1) is 41.5. The lowest BCUT2D eigenvalue weighted by molar-refractivity contribution is -0.139. The van der Waals surface area contributed by atoms with E-state index < -0.39 is 75.4 Å². The fourth-order valence-electron chi connectivity index (χ4n) is 10.1. The van der Waals surface area contributed by atoms with Gasteiger partial charge in [0.1, 0.15) is 0 Å². The Bertz CT molecular complexity index is 2510. The molecule has 62 heavy (non-hydrogen) atoms. The Morgan fingerprint density at radius 3 is 2.13 bits per heavy atom. The number of nitrogens with one attached hydrogen (secondary N) is 1. The highest BCUT2D eigenvalue weighted by molar-refractivity contribution is 6.33. The average Bonchev–Trinajstić information content (AvgIpc) is 3.65. The summed E-state index contributed by atoms with van der Waals surface area (Å²) in [6.45, 7) is 2.55. The lowest BCUT2D eigenvalue weighted by Gasteiger charge is -2.50. The van der Waals surface area contributed by atoms with Crippen molar-refractivity contribution in [3.8, 4) is 17.2 Å². The molecule has 0 unspecified atom stereocenters. The molecular weight excluding hydrogens is 854 g/mol. The van der Waals surface area contributed by atoms with E-state index >= 15 is 9.59 Å². The Morgan fingerprint density at radius 2 is 1.52 bits per heavy atom. The van der Waals surface area contributed by atoms with Gasteiger partial charge in [0.05, 0.1) is 66.9 Å². The van der Waals surface area contributed by atoms with Crippen LogP contribution in [0.2, 0.25) is 10.0 Å². The molecule has 2 N–H and O–H groups in total. The van der Waals surface area contributed by atoms with Crippen molar-refractivity contribution < 1.29 is 51.7 Å². The maximum atomic E-state index is 15.5. The van der Waals surface area contributed by atoms with Gasteiger partial charge in [0.15, 0.2) is 17.3 Å². The van der Waals surface area contributed by atoms with Gasteiger partial charge in [-0.15, -0.1) is 0 Å². The topological polar surface area (TPSA) is 151 Å². The Morgan fingerprint density at radius 1 is 0.871 bits per heavy atom. The van der Waals surface area contributed by atoms with Gasteiger partial charge in [-0.1, -0.05) is 47.0 Å². The van der Waals surface area contributed by atoms with Crippen LogP contribution in [0.1, 0.15) is 35.4 Å². The molecule has 9 rings (SSSR count). The fourth-order valence-corrected chi connectivity index (χ4v) is 10.5. The lowest BCUT2D eigenvalue weighted by Crippen LogP contribution is -2.53. The summed E-state index contributed by atoms with van der Waals surface area (Å²) in [6.07, 6.45) is -2.34. The van der Waals surface area contributed by atoms with E-state index in [1.807, 2.05) is 18.2 Å². The first-order chi connectivity index (χ1) is 29.7. The van der Waals surface area contributed by atoms with Crippen molar-refractivity contribution in [3.63, 3.8) is 0 Å². The van der Waals surface area contributed by atoms with E-state index in [-0.39, 0.29) is 35.9 Å². The molecule has 3 saturated heterocycles. The second-order valence-corrected chi connectivity index (χ2v) is 16.7. The second-order valence-electron chi connectivity index (χ2n) is 15.8. The third kappa shape index (κ3) is 6.44. The molecule has 1 aromatic heterocycles. The van der Waals surface area contributed by atoms with Gasteiger partial charge in [0.2, 0.25) is 17.6 Å².